The van der Waals surface area contributed by atoms with Gasteiger partial charge in [-0.15, -0.1) is 12.4 Å². The first-order valence-corrected chi connectivity index (χ1v) is 8.31. The highest BCUT2D eigenvalue weighted by Crippen LogP contribution is 2.26. The molecule has 5 nitrogen and oxygen atoms in total. The highest BCUT2D eigenvalue weighted by Gasteiger charge is 2.20. The number of carbonyl (C=O) groups is 1. The highest BCUT2D eigenvalue weighted by atomic mass is 35.5. The van der Waals surface area contributed by atoms with Crippen molar-refractivity contribution in [3.05, 3.63) is 23.8 Å². The van der Waals surface area contributed by atoms with Gasteiger partial charge in [0.25, 0.3) is 0 Å². The van der Waals surface area contributed by atoms with Crippen LogP contribution in [0.15, 0.2) is 18.2 Å². The molecule has 1 unspecified atom stereocenters. The summed E-state index contributed by atoms with van der Waals surface area (Å²) in [6.07, 6.45) is 3.68. The minimum atomic E-state index is -2.93. The zero-order valence-electron chi connectivity index (χ0n) is 14.2. The van der Waals surface area contributed by atoms with Gasteiger partial charge in [-0.05, 0) is 37.9 Å². The lowest BCUT2D eigenvalue weighted by Gasteiger charge is -2.22. The average Bonchev–Trinajstić information content (AvgIpc) is 2.59. The summed E-state index contributed by atoms with van der Waals surface area (Å²) in [7, 11) is 0. The van der Waals surface area contributed by atoms with Gasteiger partial charge in [-0.3, -0.25) is 4.79 Å². The Morgan fingerprint density at radius 3 is 2.84 bits per heavy atom. The maximum absolute atomic E-state index is 12.6. The Morgan fingerprint density at radius 2 is 2.20 bits per heavy atom. The maximum Gasteiger partial charge on any atom is 0.387 e. The number of carbonyl (C=O) groups excluding carboxylic acids is 1. The van der Waals surface area contributed by atoms with E-state index < -0.39 is 6.61 Å². The first-order valence-electron chi connectivity index (χ1n) is 8.31. The molecule has 1 amide bonds. The summed E-state index contributed by atoms with van der Waals surface area (Å²) in [5.74, 6) is 0.371. The van der Waals surface area contributed by atoms with Crippen molar-refractivity contribution in [1.29, 1.82) is 0 Å². The zero-order chi connectivity index (χ0) is 17.4. The molecule has 2 N–H and O–H groups in total. The van der Waals surface area contributed by atoms with Crippen LogP contribution in [-0.4, -0.2) is 31.7 Å². The highest BCUT2D eigenvalue weighted by molar-refractivity contribution is 5.85. The molecule has 1 aromatic carbocycles. The summed E-state index contributed by atoms with van der Waals surface area (Å²) >= 11 is 0. The summed E-state index contributed by atoms with van der Waals surface area (Å²) in [5.41, 5.74) is 0.489. The third-order valence-corrected chi connectivity index (χ3v) is 3.81. The number of halogens is 3. The van der Waals surface area contributed by atoms with Gasteiger partial charge in [0.2, 0.25) is 5.91 Å². The molecule has 1 aliphatic heterocycles. The molecule has 1 aromatic rings. The third-order valence-electron chi connectivity index (χ3n) is 3.81. The topological polar surface area (TPSA) is 59.6 Å². The maximum atomic E-state index is 12.6. The number of hydrogen-bond acceptors (Lipinski definition) is 4. The minimum Gasteiger partial charge on any atom is -0.493 e. The fourth-order valence-electron chi connectivity index (χ4n) is 2.58. The van der Waals surface area contributed by atoms with Crippen LogP contribution in [0, 0.1) is 0 Å². The molecule has 0 bridgehead atoms. The van der Waals surface area contributed by atoms with E-state index in [0.29, 0.717) is 17.9 Å². The van der Waals surface area contributed by atoms with Crippen LogP contribution in [0.25, 0.3) is 0 Å². The standard InChI is InChI=1S/C17H24F2N2O3.ClH/c1-2-9-23-13-7-6-12(15(10-13)24-17(18)19)11-21-16(22)14-5-3-4-8-20-14;/h6-7,10,14,17,20H,2-5,8-9,11H2,1H3,(H,21,22);1H. The summed E-state index contributed by atoms with van der Waals surface area (Å²) in [5, 5.41) is 5.93. The second-order valence-electron chi connectivity index (χ2n) is 5.72. The monoisotopic (exact) mass is 378 g/mol. The Hall–Kier alpha value is -1.60. The Morgan fingerprint density at radius 1 is 1.40 bits per heavy atom. The molecule has 2 rings (SSSR count). The summed E-state index contributed by atoms with van der Waals surface area (Å²) in [6, 6.07) is 4.54. The molecule has 0 aliphatic carbocycles. The molecule has 1 saturated heterocycles. The number of alkyl halides is 2. The molecule has 1 fully saturated rings. The van der Waals surface area contributed by atoms with E-state index in [-0.39, 0.29) is 36.7 Å². The van der Waals surface area contributed by atoms with Gasteiger partial charge in [0.1, 0.15) is 11.5 Å². The van der Waals surface area contributed by atoms with Crippen molar-refractivity contribution < 1.29 is 23.0 Å². The third kappa shape index (κ3) is 7.04. The molecule has 0 saturated carbocycles. The lowest BCUT2D eigenvalue weighted by atomic mass is 10.0. The lowest BCUT2D eigenvalue weighted by Crippen LogP contribution is -2.46. The van der Waals surface area contributed by atoms with E-state index in [1.54, 1.807) is 12.1 Å². The first-order chi connectivity index (χ1) is 11.6. The SMILES string of the molecule is CCCOc1ccc(CNC(=O)C2CCCCN2)c(OC(F)F)c1.Cl. The van der Waals surface area contributed by atoms with Gasteiger partial charge in [-0.2, -0.15) is 8.78 Å². The second kappa shape index (κ2) is 11.1. The molecular weight excluding hydrogens is 354 g/mol. The van der Waals surface area contributed by atoms with E-state index in [1.165, 1.54) is 6.07 Å². The van der Waals surface area contributed by atoms with E-state index in [0.717, 1.165) is 32.2 Å². The van der Waals surface area contributed by atoms with Crippen LogP contribution in [0.1, 0.15) is 38.2 Å². The van der Waals surface area contributed by atoms with Crippen LogP contribution < -0.4 is 20.1 Å². The minimum absolute atomic E-state index is 0. The van der Waals surface area contributed by atoms with Crippen molar-refractivity contribution >= 4 is 18.3 Å². The number of hydrogen-bond donors (Lipinski definition) is 2. The Labute approximate surface area is 152 Å². The summed E-state index contributed by atoms with van der Waals surface area (Å²) in [4.78, 5) is 12.1. The molecular formula is C17H25ClF2N2O3. The second-order valence-corrected chi connectivity index (χ2v) is 5.72. The van der Waals surface area contributed by atoms with Gasteiger partial charge < -0.3 is 20.1 Å². The number of amides is 1. The van der Waals surface area contributed by atoms with Crippen LogP contribution >= 0.6 is 12.4 Å². The van der Waals surface area contributed by atoms with Crippen LogP contribution in [0.4, 0.5) is 8.78 Å². The van der Waals surface area contributed by atoms with Crippen molar-refractivity contribution in [3.63, 3.8) is 0 Å². The Balaban J connectivity index is 0.00000312. The quantitative estimate of drug-likeness (QED) is 0.729. The molecule has 1 heterocycles. The zero-order valence-corrected chi connectivity index (χ0v) is 15.0. The molecule has 8 heteroatoms. The van der Waals surface area contributed by atoms with Gasteiger partial charge in [0.05, 0.1) is 12.6 Å². The summed E-state index contributed by atoms with van der Waals surface area (Å²) < 4.78 is 35.2. The molecule has 0 spiro atoms. The van der Waals surface area contributed by atoms with Crippen LogP contribution in [0.5, 0.6) is 11.5 Å². The van der Waals surface area contributed by atoms with Gasteiger partial charge in [-0.1, -0.05) is 13.3 Å². The van der Waals surface area contributed by atoms with E-state index in [9.17, 15) is 13.6 Å². The van der Waals surface area contributed by atoms with Gasteiger partial charge >= 0.3 is 6.61 Å². The van der Waals surface area contributed by atoms with Crippen molar-refractivity contribution in [2.24, 2.45) is 0 Å². The van der Waals surface area contributed by atoms with Crippen molar-refractivity contribution in [1.82, 2.24) is 10.6 Å². The molecule has 142 valence electrons. The van der Waals surface area contributed by atoms with Crippen molar-refractivity contribution in [2.45, 2.75) is 51.8 Å². The van der Waals surface area contributed by atoms with Gasteiger partial charge in [0.15, 0.2) is 0 Å². The number of nitrogens with one attached hydrogen (secondary N) is 2. The Kier molecular flexibility index (Phi) is 9.52. The van der Waals surface area contributed by atoms with Gasteiger partial charge in [0, 0.05) is 18.2 Å². The largest absolute Gasteiger partial charge is 0.493 e. The van der Waals surface area contributed by atoms with E-state index in [2.05, 4.69) is 15.4 Å². The van der Waals surface area contributed by atoms with Crippen molar-refractivity contribution in [2.75, 3.05) is 13.2 Å². The molecule has 25 heavy (non-hydrogen) atoms. The van der Waals surface area contributed by atoms with E-state index in [1.807, 2.05) is 6.92 Å². The normalized spacial score (nSPS) is 16.9. The first kappa shape index (κ1) is 21.4. The smallest absolute Gasteiger partial charge is 0.387 e. The van der Waals surface area contributed by atoms with Crippen LogP contribution in [0.3, 0.4) is 0 Å². The molecule has 1 aliphatic rings. The number of rotatable bonds is 8. The van der Waals surface area contributed by atoms with Crippen LogP contribution in [-0.2, 0) is 11.3 Å². The molecule has 1 atom stereocenters. The fraction of sp³-hybridized carbons (Fsp3) is 0.588. The molecule has 0 radical (unpaired) electrons. The predicted octanol–water partition coefficient (Wildman–Crippen LogP) is 3.26. The molecule has 0 aromatic heterocycles. The summed E-state index contributed by atoms with van der Waals surface area (Å²) in [6.45, 7) is 0.479. The van der Waals surface area contributed by atoms with Crippen LogP contribution in [0.2, 0.25) is 0 Å². The lowest BCUT2D eigenvalue weighted by molar-refractivity contribution is -0.123. The van der Waals surface area contributed by atoms with E-state index >= 15 is 0 Å². The van der Waals surface area contributed by atoms with Gasteiger partial charge in [-0.25, -0.2) is 0 Å². The number of benzene rings is 1. The number of ether oxygens (including phenoxy) is 2. The fourth-order valence-corrected chi connectivity index (χ4v) is 2.58. The predicted molar refractivity (Wildman–Crippen MR) is 93.6 cm³/mol. The average molecular weight is 379 g/mol. The van der Waals surface area contributed by atoms with E-state index in [4.69, 9.17) is 4.74 Å². The Bertz CT molecular complexity index is 541. The van der Waals surface area contributed by atoms with Crippen molar-refractivity contribution in [3.8, 4) is 11.5 Å². The number of piperidine rings is 1.